The van der Waals surface area contributed by atoms with E-state index in [1.54, 1.807) is 18.1 Å². The van der Waals surface area contributed by atoms with Gasteiger partial charge in [-0.3, -0.25) is 9.59 Å². The summed E-state index contributed by atoms with van der Waals surface area (Å²) in [5.74, 6) is -0.134. The Morgan fingerprint density at radius 2 is 1.76 bits per heavy atom. The van der Waals surface area contributed by atoms with Gasteiger partial charge in [0.05, 0.1) is 11.3 Å². The number of aromatic nitrogens is 1. The minimum Gasteiger partial charge on any atom is -0.353 e. The summed E-state index contributed by atoms with van der Waals surface area (Å²) in [5, 5.41) is 3.24. The van der Waals surface area contributed by atoms with Crippen LogP contribution in [0.15, 0.2) is 53.5 Å². The lowest BCUT2D eigenvalue weighted by Gasteiger charge is -2.33. The number of pyridine rings is 1. The third-order valence-electron chi connectivity index (χ3n) is 6.33. The summed E-state index contributed by atoms with van der Waals surface area (Å²) in [5.41, 5.74) is 4.26. The van der Waals surface area contributed by atoms with Gasteiger partial charge in [0, 0.05) is 32.0 Å². The minimum atomic E-state index is -0.365. The number of hydrogen-bond donors (Lipinski definition) is 1. The Morgan fingerprint density at radius 1 is 1.09 bits per heavy atom. The lowest BCUT2D eigenvalue weighted by molar-refractivity contribution is 0.0713. The van der Waals surface area contributed by atoms with Crippen molar-refractivity contribution in [3.8, 4) is 0 Å². The Labute approximate surface area is 197 Å². The molecule has 0 bridgehead atoms. The second-order valence-electron chi connectivity index (χ2n) is 8.71. The van der Waals surface area contributed by atoms with E-state index < -0.39 is 0 Å². The molecule has 2 heterocycles. The van der Waals surface area contributed by atoms with Crippen molar-refractivity contribution in [3.05, 3.63) is 92.1 Å². The zero-order chi connectivity index (χ0) is 23.7. The van der Waals surface area contributed by atoms with Crippen LogP contribution in [0, 0.1) is 19.7 Å². The van der Waals surface area contributed by atoms with E-state index in [1.807, 2.05) is 44.2 Å². The highest BCUT2D eigenvalue weighted by molar-refractivity contribution is 6.34. The summed E-state index contributed by atoms with van der Waals surface area (Å²) >= 11 is 6.45. The van der Waals surface area contributed by atoms with Crippen LogP contribution in [-0.4, -0.2) is 28.5 Å². The van der Waals surface area contributed by atoms with Crippen molar-refractivity contribution in [1.29, 1.82) is 0 Å². The van der Waals surface area contributed by atoms with Crippen molar-refractivity contribution in [3.63, 3.8) is 0 Å². The van der Waals surface area contributed by atoms with Crippen LogP contribution >= 0.6 is 11.6 Å². The monoisotopic (exact) mass is 467 g/mol. The SMILES string of the molecule is Cc1ccc(C)c(Nc2c(C(=O)N3CCC(c4ccc(F)cc4)CC3)cn(C)c(=O)c2Cl)c1. The molecule has 0 radical (unpaired) electrons. The molecule has 1 saturated heterocycles. The summed E-state index contributed by atoms with van der Waals surface area (Å²) in [7, 11) is 1.59. The molecule has 172 valence electrons. The fraction of sp³-hybridized carbons (Fsp3) is 0.308. The molecule has 1 aliphatic rings. The van der Waals surface area contributed by atoms with Gasteiger partial charge in [-0.1, -0.05) is 35.9 Å². The molecule has 1 N–H and O–H groups in total. The van der Waals surface area contributed by atoms with Crippen LogP contribution < -0.4 is 10.9 Å². The maximum atomic E-state index is 13.5. The van der Waals surface area contributed by atoms with E-state index in [4.69, 9.17) is 11.6 Å². The third-order valence-corrected chi connectivity index (χ3v) is 6.68. The maximum Gasteiger partial charge on any atom is 0.271 e. The number of likely N-dealkylation sites (tertiary alicyclic amines) is 1. The molecule has 2 aromatic carbocycles. The Hall–Kier alpha value is -3.12. The number of nitrogens with zero attached hydrogens (tertiary/aromatic N) is 2. The number of carbonyl (C=O) groups excluding carboxylic acids is 1. The van der Waals surface area contributed by atoms with Gasteiger partial charge in [0.25, 0.3) is 11.5 Å². The van der Waals surface area contributed by atoms with Crippen LogP contribution in [0.3, 0.4) is 0 Å². The standard InChI is InChI=1S/C26H27ClFN3O2/c1-16-4-5-17(2)22(14-16)29-24-21(15-30(3)26(33)23(24)27)25(32)31-12-10-19(11-13-31)18-6-8-20(28)9-7-18/h4-9,14-15,19,29H,10-13H2,1-3H3. The minimum absolute atomic E-state index is 0.00884. The molecule has 1 aromatic heterocycles. The lowest BCUT2D eigenvalue weighted by Crippen LogP contribution is -2.39. The first kappa shape index (κ1) is 23.1. The van der Waals surface area contributed by atoms with E-state index in [0.29, 0.717) is 24.3 Å². The molecule has 4 rings (SSSR count). The number of piperidine rings is 1. The molecule has 0 saturated carbocycles. The van der Waals surface area contributed by atoms with Crippen LogP contribution in [-0.2, 0) is 7.05 Å². The molecule has 0 atom stereocenters. The van der Waals surface area contributed by atoms with Gasteiger partial charge in [0.15, 0.2) is 0 Å². The third kappa shape index (κ3) is 4.81. The van der Waals surface area contributed by atoms with Gasteiger partial charge in [-0.05, 0) is 67.5 Å². The van der Waals surface area contributed by atoms with E-state index in [0.717, 1.165) is 35.2 Å². The van der Waals surface area contributed by atoms with Crippen LogP contribution in [0.4, 0.5) is 15.8 Å². The van der Waals surface area contributed by atoms with Crippen molar-refractivity contribution < 1.29 is 9.18 Å². The Kier molecular flexibility index (Phi) is 6.56. The average molecular weight is 468 g/mol. The molecule has 0 unspecified atom stereocenters. The molecule has 1 aliphatic heterocycles. The molecule has 33 heavy (non-hydrogen) atoms. The van der Waals surface area contributed by atoms with Crippen LogP contribution in [0.5, 0.6) is 0 Å². The fourth-order valence-electron chi connectivity index (χ4n) is 4.31. The Morgan fingerprint density at radius 3 is 2.42 bits per heavy atom. The second kappa shape index (κ2) is 9.40. The molecular formula is C26H27ClFN3O2. The largest absolute Gasteiger partial charge is 0.353 e. The first-order valence-corrected chi connectivity index (χ1v) is 11.4. The number of carbonyl (C=O) groups is 1. The first-order chi connectivity index (χ1) is 15.7. The summed E-state index contributed by atoms with van der Waals surface area (Å²) < 4.78 is 14.6. The summed E-state index contributed by atoms with van der Waals surface area (Å²) in [6, 6.07) is 12.5. The van der Waals surface area contributed by atoms with Crippen LogP contribution in [0.1, 0.15) is 45.8 Å². The van der Waals surface area contributed by atoms with E-state index in [-0.39, 0.29) is 28.2 Å². The molecule has 1 amide bonds. The van der Waals surface area contributed by atoms with E-state index >= 15 is 0 Å². The zero-order valence-electron chi connectivity index (χ0n) is 19.0. The van der Waals surface area contributed by atoms with Gasteiger partial charge >= 0.3 is 0 Å². The number of rotatable bonds is 4. The fourth-order valence-corrected chi connectivity index (χ4v) is 4.59. The first-order valence-electron chi connectivity index (χ1n) is 11.0. The number of halogens is 2. The van der Waals surface area contributed by atoms with E-state index in [1.165, 1.54) is 16.7 Å². The normalized spacial score (nSPS) is 14.4. The Balaban J connectivity index is 1.60. The molecule has 7 heteroatoms. The topological polar surface area (TPSA) is 54.3 Å². The summed E-state index contributed by atoms with van der Waals surface area (Å²) in [6.07, 6.45) is 3.13. The molecule has 5 nitrogen and oxygen atoms in total. The number of anilines is 2. The van der Waals surface area contributed by atoms with Crippen molar-refractivity contribution in [1.82, 2.24) is 9.47 Å². The predicted molar refractivity (Wildman–Crippen MR) is 130 cm³/mol. The molecule has 0 aliphatic carbocycles. The lowest BCUT2D eigenvalue weighted by atomic mass is 9.89. The maximum absolute atomic E-state index is 13.5. The smallest absolute Gasteiger partial charge is 0.271 e. The number of hydrogen-bond acceptors (Lipinski definition) is 3. The van der Waals surface area contributed by atoms with Crippen molar-refractivity contribution in [2.45, 2.75) is 32.6 Å². The molecule has 0 spiro atoms. The highest BCUT2D eigenvalue weighted by Gasteiger charge is 2.28. The molecule has 1 fully saturated rings. The van der Waals surface area contributed by atoms with Gasteiger partial charge in [-0.15, -0.1) is 0 Å². The van der Waals surface area contributed by atoms with Crippen molar-refractivity contribution in [2.75, 3.05) is 18.4 Å². The van der Waals surface area contributed by atoms with Gasteiger partial charge in [0.1, 0.15) is 10.8 Å². The highest BCUT2D eigenvalue weighted by atomic mass is 35.5. The molecular weight excluding hydrogens is 441 g/mol. The highest BCUT2D eigenvalue weighted by Crippen LogP contribution is 2.32. The molecule has 3 aromatic rings. The number of aryl methyl sites for hydroxylation is 3. The summed E-state index contributed by atoms with van der Waals surface area (Å²) in [6.45, 7) is 5.08. The number of amides is 1. The van der Waals surface area contributed by atoms with Gasteiger partial charge in [0.2, 0.25) is 0 Å². The zero-order valence-corrected chi connectivity index (χ0v) is 19.7. The van der Waals surface area contributed by atoms with Gasteiger partial charge in [-0.25, -0.2) is 4.39 Å². The van der Waals surface area contributed by atoms with Crippen LogP contribution in [0.25, 0.3) is 0 Å². The van der Waals surface area contributed by atoms with E-state index in [9.17, 15) is 14.0 Å². The van der Waals surface area contributed by atoms with Crippen molar-refractivity contribution >= 4 is 28.9 Å². The van der Waals surface area contributed by atoms with Gasteiger partial charge < -0.3 is 14.8 Å². The van der Waals surface area contributed by atoms with Gasteiger partial charge in [-0.2, -0.15) is 0 Å². The Bertz CT molecular complexity index is 1250. The predicted octanol–water partition coefficient (Wildman–Crippen LogP) is 5.56. The number of benzene rings is 2. The second-order valence-corrected chi connectivity index (χ2v) is 9.09. The average Bonchev–Trinajstić information content (AvgIpc) is 2.81. The van der Waals surface area contributed by atoms with E-state index in [2.05, 4.69) is 5.32 Å². The summed E-state index contributed by atoms with van der Waals surface area (Å²) in [4.78, 5) is 27.9. The van der Waals surface area contributed by atoms with Crippen LogP contribution in [0.2, 0.25) is 5.02 Å². The van der Waals surface area contributed by atoms with Crippen molar-refractivity contribution in [2.24, 2.45) is 7.05 Å². The number of nitrogens with one attached hydrogen (secondary N) is 1. The quantitative estimate of drug-likeness (QED) is 0.546.